The third kappa shape index (κ3) is 2.05. The summed E-state index contributed by atoms with van der Waals surface area (Å²) in [5, 5.41) is 3.33. The summed E-state index contributed by atoms with van der Waals surface area (Å²) in [5.74, 6) is 2.25. The summed E-state index contributed by atoms with van der Waals surface area (Å²) < 4.78 is 5.86. The molecule has 3 saturated carbocycles. The molecule has 4 atom stereocenters. The standard InChI is InChI=1S/C18H24N2O/c1-11-4-6-14(7-5-11)19-17-20-16-12(10-21-17)8-13-9-15(16)18(13,2)3/h4-7,12-13,15-16H,8-10H2,1-3H3,(H,19,20)/t12-,13-,15+,16+/m1/s1. The lowest BCUT2D eigenvalue weighted by atomic mass is 9.45. The molecule has 1 N–H and O–H groups in total. The minimum Gasteiger partial charge on any atom is -0.465 e. The number of amidine groups is 1. The van der Waals surface area contributed by atoms with Crippen LogP contribution in [0, 0.1) is 30.1 Å². The number of benzene rings is 1. The second kappa shape index (κ2) is 4.49. The van der Waals surface area contributed by atoms with E-state index in [4.69, 9.17) is 9.73 Å². The second-order valence-corrected chi connectivity index (χ2v) is 7.58. The van der Waals surface area contributed by atoms with Gasteiger partial charge in [0.15, 0.2) is 0 Å². The predicted octanol–water partition coefficient (Wildman–Crippen LogP) is 3.84. The van der Waals surface area contributed by atoms with Crippen molar-refractivity contribution in [1.82, 2.24) is 0 Å². The first-order chi connectivity index (χ1) is 10.0. The summed E-state index contributed by atoms with van der Waals surface area (Å²) in [6, 6.07) is 9.53. The Morgan fingerprint density at radius 1 is 1.19 bits per heavy atom. The maximum Gasteiger partial charge on any atom is 0.289 e. The van der Waals surface area contributed by atoms with E-state index in [0.29, 0.717) is 23.4 Å². The Labute approximate surface area is 126 Å². The van der Waals surface area contributed by atoms with E-state index in [1.165, 1.54) is 18.4 Å². The number of rotatable bonds is 1. The van der Waals surface area contributed by atoms with Crippen molar-refractivity contribution in [3.05, 3.63) is 29.8 Å². The van der Waals surface area contributed by atoms with Crippen molar-refractivity contribution < 1.29 is 4.74 Å². The number of ether oxygens (including phenoxy) is 1. The second-order valence-electron chi connectivity index (χ2n) is 7.58. The number of nitrogens with zero attached hydrogens (tertiary/aromatic N) is 1. The van der Waals surface area contributed by atoms with Gasteiger partial charge in [0.25, 0.3) is 6.02 Å². The highest BCUT2D eigenvalue weighted by atomic mass is 16.5. The van der Waals surface area contributed by atoms with Gasteiger partial charge in [-0.05, 0) is 49.1 Å². The van der Waals surface area contributed by atoms with E-state index in [2.05, 4.69) is 50.4 Å². The van der Waals surface area contributed by atoms with E-state index in [1.54, 1.807) is 0 Å². The highest BCUT2D eigenvalue weighted by molar-refractivity contribution is 5.89. The fourth-order valence-electron chi connectivity index (χ4n) is 4.42. The van der Waals surface area contributed by atoms with Crippen LogP contribution in [0.5, 0.6) is 0 Å². The van der Waals surface area contributed by atoms with E-state index in [-0.39, 0.29) is 0 Å². The summed E-state index contributed by atoms with van der Waals surface area (Å²) in [6.07, 6.45) is 2.64. The van der Waals surface area contributed by atoms with Gasteiger partial charge in [-0.25, -0.2) is 4.99 Å². The molecule has 5 rings (SSSR count). The molecule has 1 aliphatic heterocycles. The van der Waals surface area contributed by atoms with Crippen molar-refractivity contribution in [2.45, 2.75) is 39.7 Å². The van der Waals surface area contributed by atoms with Crippen molar-refractivity contribution in [2.24, 2.45) is 28.2 Å². The average Bonchev–Trinajstić information content (AvgIpc) is 2.48. The Balaban J connectivity index is 1.53. The van der Waals surface area contributed by atoms with Crippen LogP contribution in [0.25, 0.3) is 0 Å². The lowest BCUT2D eigenvalue weighted by molar-refractivity contribution is -0.116. The van der Waals surface area contributed by atoms with Gasteiger partial charge >= 0.3 is 0 Å². The van der Waals surface area contributed by atoms with E-state index < -0.39 is 0 Å². The highest BCUT2D eigenvalue weighted by Crippen LogP contribution is 2.61. The molecule has 0 amide bonds. The smallest absolute Gasteiger partial charge is 0.289 e. The summed E-state index contributed by atoms with van der Waals surface area (Å²) in [6.45, 7) is 7.76. The molecule has 21 heavy (non-hydrogen) atoms. The molecule has 2 bridgehead atoms. The number of anilines is 1. The van der Waals surface area contributed by atoms with Crippen molar-refractivity contribution in [1.29, 1.82) is 0 Å². The van der Waals surface area contributed by atoms with E-state index in [9.17, 15) is 0 Å². The van der Waals surface area contributed by atoms with Crippen LogP contribution >= 0.6 is 0 Å². The Kier molecular flexibility index (Phi) is 2.82. The highest BCUT2D eigenvalue weighted by Gasteiger charge is 2.58. The van der Waals surface area contributed by atoms with Crippen LogP contribution in [-0.4, -0.2) is 18.7 Å². The Bertz CT molecular complexity index is 575. The van der Waals surface area contributed by atoms with Crippen molar-refractivity contribution in [3.8, 4) is 0 Å². The van der Waals surface area contributed by atoms with Gasteiger partial charge in [-0.2, -0.15) is 0 Å². The van der Waals surface area contributed by atoms with Crippen molar-refractivity contribution in [3.63, 3.8) is 0 Å². The van der Waals surface area contributed by atoms with Crippen LogP contribution < -0.4 is 5.32 Å². The van der Waals surface area contributed by atoms with Crippen molar-refractivity contribution >= 4 is 11.7 Å². The normalized spacial score (nSPS) is 35.9. The molecule has 3 heteroatoms. The lowest BCUT2D eigenvalue weighted by Crippen LogP contribution is -2.60. The van der Waals surface area contributed by atoms with Gasteiger partial charge in [-0.15, -0.1) is 0 Å². The van der Waals surface area contributed by atoms with Gasteiger partial charge in [0.05, 0.1) is 12.6 Å². The number of hydrogen-bond donors (Lipinski definition) is 1. The van der Waals surface area contributed by atoms with Crippen molar-refractivity contribution in [2.75, 3.05) is 11.9 Å². The molecule has 0 unspecified atom stereocenters. The van der Waals surface area contributed by atoms with Gasteiger partial charge in [0, 0.05) is 11.6 Å². The van der Waals surface area contributed by atoms with E-state index in [0.717, 1.165) is 24.1 Å². The molecule has 3 nitrogen and oxygen atoms in total. The third-order valence-electron chi connectivity index (χ3n) is 6.03. The Morgan fingerprint density at radius 2 is 1.95 bits per heavy atom. The molecule has 0 saturated heterocycles. The summed E-state index contributed by atoms with van der Waals surface area (Å²) in [4.78, 5) is 4.92. The van der Waals surface area contributed by atoms with E-state index >= 15 is 0 Å². The molecule has 1 aromatic rings. The number of aryl methyl sites for hydroxylation is 1. The molecule has 1 heterocycles. The van der Waals surface area contributed by atoms with Crippen LogP contribution in [0.1, 0.15) is 32.3 Å². The van der Waals surface area contributed by atoms with Gasteiger partial charge in [-0.1, -0.05) is 31.5 Å². The first kappa shape index (κ1) is 13.2. The quantitative estimate of drug-likeness (QED) is 0.850. The first-order valence-electron chi connectivity index (χ1n) is 8.08. The maximum absolute atomic E-state index is 5.86. The minimum absolute atomic E-state index is 0.451. The molecule has 112 valence electrons. The number of aliphatic imine (C=N–C) groups is 1. The fourth-order valence-corrected chi connectivity index (χ4v) is 4.42. The van der Waals surface area contributed by atoms with Gasteiger partial charge < -0.3 is 10.1 Å². The molecule has 1 aromatic carbocycles. The first-order valence-corrected chi connectivity index (χ1v) is 8.08. The Morgan fingerprint density at radius 3 is 2.67 bits per heavy atom. The van der Waals surface area contributed by atoms with E-state index in [1.807, 2.05) is 0 Å². The van der Waals surface area contributed by atoms with Crippen LogP contribution in [0.4, 0.5) is 5.69 Å². The molecule has 3 aliphatic carbocycles. The lowest BCUT2D eigenvalue weighted by Gasteiger charge is -2.62. The summed E-state index contributed by atoms with van der Waals surface area (Å²) in [5.41, 5.74) is 2.79. The monoisotopic (exact) mass is 284 g/mol. The minimum atomic E-state index is 0.451. The molecule has 0 spiro atoms. The van der Waals surface area contributed by atoms with Crippen LogP contribution in [0.2, 0.25) is 0 Å². The zero-order valence-electron chi connectivity index (χ0n) is 13.1. The zero-order valence-corrected chi connectivity index (χ0v) is 13.1. The molecule has 4 aliphatic rings. The predicted molar refractivity (Wildman–Crippen MR) is 85.5 cm³/mol. The molecule has 3 fully saturated rings. The van der Waals surface area contributed by atoms with Crippen LogP contribution in [-0.2, 0) is 4.74 Å². The Hall–Kier alpha value is -1.51. The molecular weight excluding hydrogens is 260 g/mol. The van der Waals surface area contributed by atoms with Gasteiger partial charge in [0.1, 0.15) is 0 Å². The van der Waals surface area contributed by atoms with Gasteiger partial charge in [-0.3, -0.25) is 0 Å². The SMILES string of the molecule is Cc1ccc(NC2=N[C@H]3[C@@H](CO2)C[C@@H]2C[C@@H]3C2(C)C)cc1. The third-order valence-corrected chi connectivity index (χ3v) is 6.03. The topological polar surface area (TPSA) is 33.6 Å². The maximum atomic E-state index is 5.86. The van der Waals surface area contributed by atoms with Crippen LogP contribution in [0.15, 0.2) is 29.3 Å². The fraction of sp³-hybridized carbons (Fsp3) is 0.611. The number of hydrogen-bond acceptors (Lipinski definition) is 3. The molecular formula is C18H24N2O. The average molecular weight is 284 g/mol. The molecule has 0 radical (unpaired) electrons. The largest absolute Gasteiger partial charge is 0.465 e. The summed E-state index contributed by atoms with van der Waals surface area (Å²) in [7, 11) is 0. The summed E-state index contributed by atoms with van der Waals surface area (Å²) >= 11 is 0. The van der Waals surface area contributed by atoms with Crippen LogP contribution in [0.3, 0.4) is 0 Å². The molecule has 0 aromatic heterocycles. The number of nitrogens with one attached hydrogen (secondary N) is 1. The van der Waals surface area contributed by atoms with Gasteiger partial charge in [0.2, 0.25) is 0 Å². The zero-order chi connectivity index (χ0) is 14.6.